The third-order valence-electron chi connectivity index (χ3n) is 14.5. The van der Waals surface area contributed by atoms with E-state index < -0.39 is 0 Å². The lowest BCUT2D eigenvalue weighted by Gasteiger charge is -2.70. The average molecular weight is 583 g/mol. The summed E-state index contributed by atoms with van der Waals surface area (Å²) in [6, 6.07) is 7.80. The predicted octanol–water partition coefficient (Wildman–Crippen LogP) is 9.37. The van der Waals surface area contributed by atoms with E-state index in [1.54, 1.807) is 7.11 Å². The summed E-state index contributed by atoms with van der Waals surface area (Å²) in [6.45, 7) is 18.5. The fourth-order valence-corrected chi connectivity index (χ4v) is 12.0. The van der Waals surface area contributed by atoms with Crippen LogP contribution in [0.15, 0.2) is 42.1 Å². The Kier molecular flexibility index (Phi) is 6.88. The molecular formula is C39H54N2O2. The van der Waals surface area contributed by atoms with Crippen LogP contribution >= 0.6 is 0 Å². The van der Waals surface area contributed by atoms with Crippen molar-refractivity contribution >= 4 is 0 Å². The number of rotatable bonds is 4. The van der Waals surface area contributed by atoms with Gasteiger partial charge < -0.3 is 9.47 Å². The maximum Gasteiger partial charge on any atom is 0.166 e. The Labute approximate surface area is 260 Å². The van der Waals surface area contributed by atoms with E-state index in [0.29, 0.717) is 29.3 Å². The molecule has 0 unspecified atom stereocenters. The molecule has 4 nitrogen and oxygen atoms in total. The summed E-state index contributed by atoms with van der Waals surface area (Å²) in [7, 11) is 1.68. The van der Waals surface area contributed by atoms with Crippen molar-refractivity contribution in [2.24, 2.45) is 51.8 Å². The molecule has 0 bridgehead atoms. The second-order valence-electron chi connectivity index (χ2n) is 16.5. The fraction of sp³-hybridized carbons (Fsp3) is 0.692. The van der Waals surface area contributed by atoms with E-state index >= 15 is 0 Å². The molecule has 0 aliphatic heterocycles. The van der Waals surface area contributed by atoms with Crippen LogP contribution in [0.2, 0.25) is 0 Å². The van der Waals surface area contributed by atoms with Crippen molar-refractivity contribution < 1.29 is 9.47 Å². The van der Waals surface area contributed by atoms with Crippen molar-refractivity contribution in [1.29, 1.82) is 0 Å². The highest BCUT2D eigenvalue weighted by molar-refractivity contribution is 5.40. The van der Waals surface area contributed by atoms with Crippen LogP contribution in [0.5, 0.6) is 11.5 Å². The molecule has 9 atom stereocenters. The number of fused-ring (bicyclic) bond motifs is 8. The van der Waals surface area contributed by atoms with E-state index in [-0.39, 0.29) is 10.8 Å². The number of benzene rings is 1. The topological polar surface area (TPSA) is 44.2 Å². The summed E-state index contributed by atoms with van der Waals surface area (Å²) < 4.78 is 11.6. The summed E-state index contributed by atoms with van der Waals surface area (Å²) in [5, 5.41) is 0. The Morgan fingerprint density at radius 1 is 0.907 bits per heavy atom. The van der Waals surface area contributed by atoms with Crippen LogP contribution < -0.4 is 9.47 Å². The number of allylic oxidation sites excluding steroid dienone is 2. The van der Waals surface area contributed by atoms with Crippen LogP contribution in [0.3, 0.4) is 0 Å². The number of methoxy groups -OCH3 is 1. The van der Waals surface area contributed by atoms with E-state index in [2.05, 4.69) is 60.7 Å². The molecule has 3 saturated carbocycles. The summed E-state index contributed by atoms with van der Waals surface area (Å²) in [5.41, 5.74) is 5.35. The number of hydrogen-bond donors (Lipinski definition) is 0. The predicted molar refractivity (Wildman–Crippen MR) is 173 cm³/mol. The van der Waals surface area contributed by atoms with Crippen molar-refractivity contribution in [3.63, 3.8) is 0 Å². The third-order valence-corrected chi connectivity index (χ3v) is 14.5. The standard InChI is InChI=1S/C39H54N2O2/c1-24-13-14-26-17-19-38(6)28(34(26)25(24)2)15-16-32-37(5)21-27-22-40-33(23-43-30-12-10-9-11-29(30)42-8)41-35(27)36(3,4)31(37)18-20-39(32,38)7/h9-12,15,22,24-26,31-32,34H,13-14,16-21,23H2,1-8H3/t24-,25+,26+,31+,32-,34-,37+,38-,39-/m1/s1. The van der Waals surface area contributed by atoms with Gasteiger partial charge in [-0.05, 0) is 114 Å². The molecule has 7 rings (SSSR count). The van der Waals surface area contributed by atoms with Crippen molar-refractivity contribution in [1.82, 2.24) is 9.97 Å². The SMILES string of the molecule is COc1ccccc1OCc1ncc2c(n1)C(C)(C)[C@@H]1CC[C@]3(C)[C@H](CC=C4[C@H]5[C@@H](CC[C@@H](C)[C@@H]5C)CC[C@]43C)[C@@]1(C)C2. The lowest BCUT2D eigenvalue weighted by molar-refractivity contribution is -0.154. The molecule has 0 radical (unpaired) electrons. The molecule has 232 valence electrons. The van der Waals surface area contributed by atoms with Crippen molar-refractivity contribution in [2.75, 3.05) is 7.11 Å². The molecule has 4 heteroatoms. The van der Waals surface area contributed by atoms with Gasteiger partial charge in [0.2, 0.25) is 0 Å². The normalized spacial score (nSPS) is 41.0. The Bertz CT molecular complexity index is 1430. The summed E-state index contributed by atoms with van der Waals surface area (Å²) in [5.74, 6) is 6.89. The molecule has 5 aliphatic carbocycles. The molecular weight excluding hydrogens is 528 g/mol. The van der Waals surface area contributed by atoms with Gasteiger partial charge in [0, 0.05) is 11.6 Å². The molecule has 1 heterocycles. The second kappa shape index (κ2) is 10.1. The van der Waals surface area contributed by atoms with E-state index in [9.17, 15) is 0 Å². The summed E-state index contributed by atoms with van der Waals surface area (Å²) in [6.07, 6.45) is 15.6. The van der Waals surface area contributed by atoms with Crippen molar-refractivity contribution in [3.8, 4) is 11.5 Å². The van der Waals surface area contributed by atoms with Crippen LogP contribution in [-0.2, 0) is 18.4 Å². The van der Waals surface area contributed by atoms with E-state index in [4.69, 9.17) is 19.4 Å². The highest BCUT2D eigenvalue weighted by Gasteiger charge is 2.67. The van der Waals surface area contributed by atoms with Gasteiger partial charge in [-0.3, -0.25) is 0 Å². The maximum absolute atomic E-state index is 6.14. The summed E-state index contributed by atoms with van der Waals surface area (Å²) in [4.78, 5) is 10.1. The van der Waals surface area contributed by atoms with Crippen LogP contribution in [-0.4, -0.2) is 17.1 Å². The first-order valence-electron chi connectivity index (χ1n) is 17.3. The highest BCUT2D eigenvalue weighted by atomic mass is 16.5. The number of aromatic nitrogens is 2. The minimum absolute atomic E-state index is 0.0122. The van der Waals surface area contributed by atoms with Crippen molar-refractivity contribution in [3.05, 3.63) is 59.2 Å². The van der Waals surface area contributed by atoms with Gasteiger partial charge in [-0.2, -0.15) is 0 Å². The monoisotopic (exact) mass is 582 g/mol. The summed E-state index contributed by atoms with van der Waals surface area (Å²) >= 11 is 0. The number of ether oxygens (including phenoxy) is 2. The first kappa shape index (κ1) is 29.4. The lowest BCUT2D eigenvalue weighted by Crippen LogP contribution is -2.63. The van der Waals surface area contributed by atoms with Gasteiger partial charge in [-0.1, -0.05) is 78.7 Å². The van der Waals surface area contributed by atoms with Gasteiger partial charge in [0.05, 0.1) is 12.8 Å². The van der Waals surface area contributed by atoms with Gasteiger partial charge in [-0.15, -0.1) is 0 Å². The largest absolute Gasteiger partial charge is 0.493 e. The zero-order valence-electron chi connectivity index (χ0n) is 28.0. The molecule has 1 aromatic heterocycles. The third kappa shape index (κ3) is 4.13. The quantitative estimate of drug-likeness (QED) is 0.337. The Hall–Kier alpha value is -2.36. The Morgan fingerprint density at radius 2 is 1.67 bits per heavy atom. The molecule has 0 N–H and O–H groups in total. The van der Waals surface area contributed by atoms with Crippen LogP contribution in [0.4, 0.5) is 0 Å². The highest BCUT2D eigenvalue weighted by Crippen LogP contribution is 2.73. The lowest BCUT2D eigenvalue weighted by atomic mass is 9.34. The minimum Gasteiger partial charge on any atom is -0.493 e. The Morgan fingerprint density at radius 3 is 2.44 bits per heavy atom. The second-order valence-corrected chi connectivity index (χ2v) is 16.5. The molecule has 2 aromatic rings. The minimum atomic E-state index is -0.0122. The van der Waals surface area contributed by atoms with Crippen LogP contribution in [0.25, 0.3) is 0 Å². The fourth-order valence-electron chi connectivity index (χ4n) is 12.0. The number of para-hydroxylation sites is 2. The van der Waals surface area contributed by atoms with E-state index in [0.717, 1.165) is 47.4 Å². The zero-order chi connectivity index (χ0) is 30.4. The van der Waals surface area contributed by atoms with E-state index in [1.165, 1.54) is 56.2 Å². The first-order chi connectivity index (χ1) is 20.4. The zero-order valence-corrected chi connectivity index (χ0v) is 28.0. The van der Waals surface area contributed by atoms with Crippen molar-refractivity contribution in [2.45, 2.75) is 112 Å². The van der Waals surface area contributed by atoms with Gasteiger partial charge in [0.1, 0.15) is 6.61 Å². The van der Waals surface area contributed by atoms with E-state index in [1.807, 2.05) is 29.8 Å². The molecule has 0 spiro atoms. The van der Waals surface area contributed by atoms with Crippen LogP contribution in [0.1, 0.15) is 110 Å². The molecule has 0 saturated heterocycles. The molecule has 43 heavy (non-hydrogen) atoms. The average Bonchev–Trinajstić information content (AvgIpc) is 2.98. The van der Waals surface area contributed by atoms with Gasteiger partial charge in [0.25, 0.3) is 0 Å². The molecule has 1 aromatic carbocycles. The maximum atomic E-state index is 6.14. The Balaban J connectivity index is 1.21. The molecule has 0 amide bonds. The first-order valence-corrected chi connectivity index (χ1v) is 17.3. The number of hydrogen-bond acceptors (Lipinski definition) is 4. The van der Waals surface area contributed by atoms with Gasteiger partial charge in [-0.25, -0.2) is 9.97 Å². The molecule has 3 fully saturated rings. The van der Waals surface area contributed by atoms with Gasteiger partial charge >= 0.3 is 0 Å². The number of nitrogens with zero attached hydrogens (tertiary/aromatic N) is 2. The van der Waals surface area contributed by atoms with Crippen LogP contribution in [0, 0.1) is 51.8 Å². The smallest absolute Gasteiger partial charge is 0.166 e. The van der Waals surface area contributed by atoms with Gasteiger partial charge in [0.15, 0.2) is 17.3 Å². The molecule has 5 aliphatic rings.